The Bertz CT molecular complexity index is 502. The Morgan fingerprint density at radius 1 is 1.26 bits per heavy atom. The Balaban J connectivity index is 2.29. The van der Waals surface area contributed by atoms with E-state index < -0.39 is 16.1 Å². The Kier molecular flexibility index (Phi) is 5.94. The summed E-state index contributed by atoms with van der Waals surface area (Å²) in [5.74, 6) is -0.445. The summed E-state index contributed by atoms with van der Waals surface area (Å²) in [7, 11) is -3.47. The van der Waals surface area contributed by atoms with Crippen molar-refractivity contribution in [3.63, 3.8) is 0 Å². The predicted octanol–water partition coefficient (Wildman–Crippen LogP) is -0.649. The highest BCUT2D eigenvalue weighted by Gasteiger charge is 2.13. The summed E-state index contributed by atoms with van der Waals surface area (Å²) in [6.45, 7) is 0.248. The largest absolute Gasteiger partial charge is 0.355 e. The van der Waals surface area contributed by atoms with Gasteiger partial charge in [-0.25, -0.2) is 13.6 Å². The first-order valence-corrected chi connectivity index (χ1v) is 7.68. The van der Waals surface area contributed by atoms with Crippen molar-refractivity contribution in [2.75, 3.05) is 12.3 Å². The minimum Gasteiger partial charge on any atom is -0.355 e. The summed E-state index contributed by atoms with van der Waals surface area (Å²) in [4.78, 5) is 11.7. The topological polar surface area (TPSA) is 115 Å². The number of carbonyl (C=O) groups is 1. The summed E-state index contributed by atoms with van der Waals surface area (Å²) in [6, 6.07) is 8.81. The number of sulfonamides is 1. The molecule has 1 amide bonds. The molecule has 0 bridgehead atoms. The normalized spacial score (nSPS) is 12.9. The van der Waals surface area contributed by atoms with E-state index in [1.165, 1.54) is 0 Å². The molecule has 7 heteroatoms. The molecule has 0 radical (unpaired) electrons. The Hall–Kier alpha value is -1.44. The first-order valence-electron chi connectivity index (χ1n) is 5.96. The monoisotopic (exact) mass is 285 g/mol. The van der Waals surface area contributed by atoms with E-state index in [2.05, 4.69) is 5.32 Å². The fourth-order valence-electron chi connectivity index (χ4n) is 1.58. The molecule has 5 N–H and O–H groups in total. The number of benzene rings is 1. The maximum atomic E-state index is 11.7. The zero-order chi connectivity index (χ0) is 14.3. The van der Waals surface area contributed by atoms with Crippen LogP contribution in [0.1, 0.15) is 12.0 Å². The number of nitrogens with one attached hydrogen (secondary N) is 1. The minimum atomic E-state index is -3.47. The van der Waals surface area contributed by atoms with Gasteiger partial charge in [0.2, 0.25) is 15.9 Å². The second-order valence-corrected chi connectivity index (χ2v) is 6.04. The van der Waals surface area contributed by atoms with Gasteiger partial charge in [-0.15, -0.1) is 0 Å². The molecule has 0 aliphatic carbocycles. The number of hydrogen-bond acceptors (Lipinski definition) is 4. The van der Waals surface area contributed by atoms with Crippen LogP contribution in [-0.4, -0.2) is 32.7 Å². The summed E-state index contributed by atoms with van der Waals surface area (Å²) in [5.41, 5.74) is 6.74. The standard InChI is InChI=1S/C12H19N3O3S/c13-11(9-10-5-2-1-3-6-10)12(16)15-7-4-8-19(14,17)18/h1-3,5-6,11H,4,7-9,13H2,(H,15,16)(H2,14,17,18)/t11-/m0/s1. The molecule has 0 aliphatic heterocycles. The highest BCUT2D eigenvalue weighted by atomic mass is 32.2. The average molecular weight is 285 g/mol. The van der Waals surface area contributed by atoms with Crippen molar-refractivity contribution >= 4 is 15.9 Å². The number of amides is 1. The van der Waals surface area contributed by atoms with E-state index in [1.807, 2.05) is 30.3 Å². The lowest BCUT2D eigenvalue weighted by molar-refractivity contribution is -0.122. The fourth-order valence-corrected chi connectivity index (χ4v) is 2.12. The van der Waals surface area contributed by atoms with Gasteiger partial charge in [0.05, 0.1) is 11.8 Å². The number of nitrogens with two attached hydrogens (primary N) is 2. The van der Waals surface area contributed by atoms with Crippen molar-refractivity contribution in [2.45, 2.75) is 18.9 Å². The molecule has 1 rings (SSSR count). The second-order valence-electron chi connectivity index (χ2n) is 4.31. The van der Waals surface area contributed by atoms with Crippen LogP contribution < -0.4 is 16.2 Å². The van der Waals surface area contributed by atoms with Gasteiger partial charge in [-0.2, -0.15) is 0 Å². The molecule has 0 aliphatic rings. The third kappa shape index (κ3) is 6.90. The highest BCUT2D eigenvalue weighted by Crippen LogP contribution is 2.01. The molecule has 1 aromatic carbocycles. The Labute approximate surface area is 113 Å². The molecule has 0 heterocycles. The molecule has 6 nitrogen and oxygen atoms in total. The fraction of sp³-hybridized carbons (Fsp3) is 0.417. The zero-order valence-corrected chi connectivity index (χ0v) is 11.4. The van der Waals surface area contributed by atoms with Crippen molar-refractivity contribution in [1.29, 1.82) is 0 Å². The highest BCUT2D eigenvalue weighted by molar-refractivity contribution is 7.89. The van der Waals surface area contributed by atoms with Gasteiger partial charge in [-0.3, -0.25) is 4.79 Å². The maximum absolute atomic E-state index is 11.7. The summed E-state index contributed by atoms with van der Waals surface area (Å²) < 4.78 is 21.4. The van der Waals surface area contributed by atoms with Crippen LogP contribution in [0.15, 0.2) is 30.3 Å². The summed E-state index contributed by atoms with van der Waals surface area (Å²) in [6.07, 6.45) is 0.727. The van der Waals surface area contributed by atoms with Crippen LogP contribution in [0.4, 0.5) is 0 Å². The van der Waals surface area contributed by atoms with E-state index in [1.54, 1.807) is 0 Å². The van der Waals surface area contributed by atoms with Gasteiger partial charge in [0.1, 0.15) is 0 Å². The maximum Gasteiger partial charge on any atom is 0.237 e. The third-order valence-corrected chi connectivity index (χ3v) is 3.40. The van der Waals surface area contributed by atoms with Crippen molar-refractivity contribution < 1.29 is 13.2 Å². The third-order valence-electron chi connectivity index (χ3n) is 2.54. The molecular formula is C12H19N3O3S. The first kappa shape index (κ1) is 15.6. The molecule has 106 valence electrons. The molecule has 19 heavy (non-hydrogen) atoms. The van der Waals surface area contributed by atoms with Crippen LogP contribution in [0.5, 0.6) is 0 Å². The van der Waals surface area contributed by atoms with Crippen LogP contribution in [0, 0.1) is 0 Å². The Morgan fingerprint density at radius 2 is 1.89 bits per heavy atom. The number of carbonyl (C=O) groups excluding carboxylic acids is 1. The summed E-state index contributed by atoms with van der Waals surface area (Å²) >= 11 is 0. The van der Waals surface area contributed by atoms with Gasteiger partial charge in [0, 0.05) is 6.54 Å². The minimum absolute atomic E-state index is 0.152. The van der Waals surface area contributed by atoms with E-state index in [4.69, 9.17) is 10.9 Å². The van der Waals surface area contributed by atoms with E-state index in [0.717, 1.165) is 5.56 Å². The predicted molar refractivity (Wildman–Crippen MR) is 73.7 cm³/mol. The molecule has 1 atom stereocenters. The number of primary sulfonamides is 1. The van der Waals surface area contributed by atoms with E-state index >= 15 is 0 Å². The quantitative estimate of drug-likeness (QED) is 0.577. The molecule has 0 saturated heterocycles. The van der Waals surface area contributed by atoms with Gasteiger partial charge < -0.3 is 11.1 Å². The lowest BCUT2D eigenvalue weighted by atomic mass is 10.1. The van der Waals surface area contributed by atoms with Gasteiger partial charge >= 0.3 is 0 Å². The van der Waals surface area contributed by atoms with Crippen LogP contribution >= 0.6 is 0 Å². The molecule has 0 unspecified atom stereocenters. The van der Waals surface area contributed by atoms with Crippen molar-refractivity contribution in [1.82, 2.24) is 5.32 Å². The lowest BCUT2D eigenvalue weighted by Gasteiger charge is -2.12. The molecule has 0 spiro atoms. The van der Waals surface area contributed by atoms with Gasteiger partial charge in [-0.1, -0.05) is 30.3 Å². The number of hydrogen-bond donors (Lipinski definition) is 3. The second kappa shape index (κ2) is 7.22. The van der Waals surface area contributed by atoms with Gasteiger partial charge in [0.25, 0.3) is 0 Å². The van der Waals surface area contributed by atoms with Crippen molar-refractivity contribution in [3.8, 4) is 0 Å². The first-order chi connectivity index (χ1) is 8.88. The van der Waals surface area contributed by atoms with Gasteiger partial charge in [0.15, 0.2) is 0 Å². The molecule has 0 saturated carbocycles. The van der Waals surface area contributed by atoms with E-state index in [9.17, 15) is 13.2 Å². The van der Waals surface area contributed by atoms with Crippen molar-refractivity contribution in [3.05, 3.63) is 35.9 Å². The van der Waals surface area contributed by atoms with Crippen molar-refractivity contribution in [2.24, 2.45) is 10.9 Å². The lowest BCUT2D eigenvalue weighted by Crippen LogP contribution is -2.42. The van der Waals surface area contributed by atoms with Crippen LogP contribution in [0.2, 0.25) is 0 Å². The van der Waals surface area contributed by atoms with Crippen LogP contribution in [-0.2, 0) is 21.2 Å². The van der Waals surface area contributed by atoms with Crippen LogP contribution in [0.25, 0.3) is 0 Å². The van der Waals surface area contributed by atoms with E-state index in [-0.39, 0.29) is 24.6 Å². The number of rotatable bonds is 7. The molecule has 0 aromatic heterocycles. The smallest absolute Gasteiger partial charge is 0.237 e. The molecular weight excluding hydrogens is 266 g/mol. The molecule has 0 fully saturated rings. The zero-order valence-electron chi connectivity index (χ0n) is 10.6. The SMILES string of the molecule is N[C@@H](Cc1ccccc1)C(=O)NCCCS(N)(=O)=O. The Morgan fingerprint density at radius 3 is 2.47 bits per heavy atom. The van der Waals surface area contributed by atoms with Crippen LogP contribution in [0.3, 0.4) is 0 Å². The summed E-state index contributed by atoms with van der Waals surface area (Å²) in [5, 5.41) is 7.44. The molecule has 1 aromatic rings. The van der Waals surface area contributed by atoms with E-state index in [0.29, 0.717) is 6.42 Å². The average Bonchev–Trinajstić information content (AvgIpc) is 2.34. The van der Waals surface area contributed by atoms with Gasteiger partial charge in [-0.05, 0) is 18.4 Å².